The molecular weight excluding hydrogens is 310 g/mol. The maximum atomic E-state index is 11.9. The molecule has 0 saturated heterocycles. The number of aromatic nitrogens is 1. The number of pyridine rings is 1. The Hall–Kier alpha value is -1.77. The Morgan fingerprint density at radius 3 is 2.71 bits per heavy atom. The lowest BCUT2D eigenvalue weighted by molar-refractivity contribution is 0.0946. The van der Waals surface area contributed by atoms with Crippen LogP contribution in [0.4, 0.5) is 0 Å². The zero-order valence-corrected chi connectivity index (χ0v) is 13.2. The molecule has 0 radical (unpaired) electrons. The fourth-order valence-corrected chi connectivity index (χ4v) is 3.76. The molecule has 2 rings (SSSR count). The molecule has 2 N–H and O–H groups in total. The molecular formula is C13H15N3O3S2. The number of hydrogen-bond acceptors (Lipinski definition) is 5. The zero-order chi connectivity index (χ0) is 15.5. The minimum Gasteiger partial charge on any atom is -0.346 e. The van der Waals surface area contributed by atoms with Gasteiger partial charge in [-0.05, 0) is 38.2 Å². The first kappa shape index (κ1) is 15.6. The third-order valence-electron chi connectivity index (χ3n) is 2.71. The molecule has 2 aromatic heterocycles. The Balaban J connectivity index is 2.02. The topological polar surface area (TPSA) is 88.2 Å². The molecule has 0 atom stereocenters. The summed E-state index contributed by atoms with van der Waals surface area (Å²) in [6.45, 7) is 2.07. The van der Waals surface area contributed by atoms with Gasteiger partial charge in [0.05, 0.1) is 6.54 Å². The molecule has 112 valence electrons. The van der Waals surface area contributed by atoms with Crippen LogP contribution in [0.5, 0.6) is 0 Å². The molecule has 0 unspecified atom stereocenters. The van der Waals surface area contributed by atoms with Crippen LogP contribution >= 0.6 is 11.3 Å². The van der Waals surface area contributed by atoms with Crippen molar-refractivity contribution < 1.29 is 13.2 Å². The Morgan fingerprint density at radius 2 is 2.05 bits per heavy atom. The zero-order valence-electron chi connectivity index (χ0n) is 11.6. The molecule has 0 aromatic carbocycles. The van der Waals surface area contributed by atoms with E-state index in [0.29, 0.717) is 5.69 Å². The van der Waals surface area contributed by atoms with Gasteiger partial charge in [-0.3, -0.25) is 4.79 Å². The van der Waals surface area contributed by atoms with Gasteiger partial charge in [0.2, 0.25) is 10.0 Å². The van der Waals surface area contributed by atoms with E-state index < -0.39 is 10.0 Å². The number of hydrogen-bond donors (Lipinski definition) is 2. The number of aryl methyl sites for hydroxylation is 1. The molecule has 0 aliphatic carbocycles. The van der Waals surface area contributed by atoms with Crippen LogP contribution < -0.4 is 10.0 Å². The van der Waals surface area contributed by atoms with Crippen molar-refractivity contribution >= 4 is 27.3 Å². The summed E-state index contributed by atoms with van der Waals surface area (Å²) in [5.41, 5.74) is 1.11. The molecule has 0 aliphatic rings. The maximum Gasteiger partial charge on any atom is 0.270 e. The Bertz CT molecular complexity index is 754. The fraction of sp³-hybridized carbons (Fsp3) is 0.231. The van der Waals surface area contributed by atoms with E-state index in [9.17, 15) is 13.2 Å². The molecule has 8 heteroatoms. The second-order valence-electron chi connectivity index (χ2n) is 4.28. The third-order valence-corrected chi connectivity index (χ3v) is 5.71. The number of thiophene rings is 1. The average molecular weight is 325 g/mol. The molecule has 0 fully saturated rings. The van der Waals surface area contributed by atoms with Gasteiger partial charge in [0, 0.05) is 10.6 Å². The summed E-state index contributed by atoms with van der Waals surface area (Å²) in [5.74, 6) is -0.287. The number of nitrogens with zero attached hydrogens (tertiary/aromatic N) is 1. The lowest BCUT2D eigenvalue weighted by Crippen LogP contribution is -2.23. The normalized spacial score (nSPS) is 11.3. The van der Waals surface area contributed by atoms with Gasteiger partial charge in [-0.1, -0.05) is 6.07 Å². The molecule has 6 nitrogen and oxygen atoms in total. The van der Waals surface area contributed by atoms with Gasteiger partial charge >= 0.3 is 0 Å². The molecule has 1 amide bonds. The summed E-state index contributed by atoms with van der Waals surface area (Å²) < 4.78 is 25.7. The van der Waals surface area contributed by atoms with Crippen molar-refractivity contribution in [1.29, 1.82) is 0 Å². The van der Waals surface area contributed by atoms with Crippen LogP contribution in [0.15, 0.2) is 34.5 Å². The lowest BCUT2D eigenvalue weighted by atomic mass is 10.3. The highest BCUT2D eigenvalue weighted by Gasteiger charge is 2.15. The van der Waals surface area contributed by atoms with Crippen LogP contribution in [0.1, 0.15) is 21.1 Å². The monoisotopic (exact) mass is 325 g/mol. The van der Waals surface area contributed by atoms with E-state index >= 15 is 0 Å². The maximum absolute atomic E-state index is 11.9. The van der Waals surface area contributed by atoms with E-state index in [0.717, 1.165) is 21.9 Å². The standard InChI is InChI=1S/C13H15N3O3S2/c1-9-4-3-5-11(16-9)13(17)15-8-10-6-7-12(20-10)21(18,19)14-2/h3-7,14H,8H2,1-2H3,(H,15,17). The van der Waals surface area contributed by atoms with Crippen molar-refractivity contribution in [3.8, 4) is 0 Å². The average Bonchev–Trinajstić information content (AvgIpc) is 2.94. The van der Waals surface area contributed by atoms with Gasteiger partial charge in [-0.2, -0.15) is 0 Å². The minimum atomic E-state index is -3.43. The fourth-order valence-electron chi connectivity index (χ4n) is 1.63. The summed E-state index contributed by atoms with van der Waals surface area (Å²) in [6, 6.07) is 8.40. The SMILES string of the molecule is CNS(=O)(=O)c1ccc(CNC(=O)c2cccc(C)n2)s1. The number of carbonyl (C=O) groups excluding carboxylic acids is 1. The van der Waals surface area contributed by atoms with Crippen molar-refractivity contribution in [1.82, 2.24) is 15.0 Å². The molecule has 2 aromatic rings. The van der Waals surface area contributed by atoms with Gasteiger partial charge in [-0.25, -0.2) is 18.1 Å². The lowest BCUT2D eigenvalue weighted by Gasteiger charge is -2.03. The molecule has 21 heavy (non-hydrogen) atoms. The molecule has 2 heterocycles. The van der Waals surface area contributed by atoms with Gasteiger partial charge in [0.1, 0.15) is 9.90 Å². The van der Waals surface area contributed by atoms with Crippen LogP contribution in [-0.4, -0.2) is 26.4 Å². The van der Waals surface area contributed by atoms with Crippen molar-refractivity contribution in [3.63, 3.8) is 0 Å². The van der Waals surface area contributed by atoms with Crippen LogP contribution in [0, 0.1) is 6.92 Å². The first-order chi connectivity index (χ1) is 9.92. The predicted molar refractivity (Wildman–Crippen MR) is 80.7 cm³/mol. The summed E-state index contributed by atoms with van der Waals surface area (Å²) in [4.78, 5) is 16.8. The van der Waals surface area contributed by atoms with Crippen LogP contribution in [0.3, 0.4) is 0 Å². The van der Waals surface area contributed by atoms with Gasteiger partial charge in [0.15, 0.2) is 0 Å². The van der Waals surface area contributed by atoms with E-state index in [2.05, 4.69) is 15.0 Å². The summed E-state index contributed by atoms with van der Waals surface area (Å²) in [7, 11) is -2.07. The number of rotatable bonds is 5. The Labute approximate surface area is 127 Å². The predicted octanol–water partition coefficient (Wildman–Crippen LogP) is 1.29. The second-order valence-corrected chi connectivity index (χ2v) is 7.56. The van der Waals surface area contributed by atoms with E-state index in [-0.39, 0.29) is 16.7 Å². The Kier molecular flexibility index (Phi) is 4.71. The number of sulfonamides is 1. The van der Waals surface area contributed by atoms with Gasteiger partial charge in [-0.15, -0.1) is 11.3 Å². The largest absolute Gasteiger partial charge is 0.346 e. The van der Waals surface area contributed by atoms with Crippen molar-refractivity contribution in [2.45, 2.75) is 17.7 Å². The van der Waals surface area contributed by atoms with E-state index in [1.807, 2.05) is 13.0 Å². The summed E-state index contributed by atoms with van der Waals surface area (Å²) in [5, 5.41) is 2.72. The highest BCUT2D eigenvalue weighted by atomic mass is 32.2. The minimum absolute atomic E-state index is 0.225. The smallest absolute Gasteiger partial charge is 0.270 e. The highest BCUT2D eigenvalue weighted by molar-refractivity contribution is 7.91. The van der Waals surface area contributed by atoms with Crippen LogP contribution in [-0.2, 0) is 16.6 Å². The van der Waals surface area contributed by atoms with Crippen molar-refractivity contribution in [3.05, 3.63) is 46.6 Å². The highest BCUT2D eigenvalue weighted by Crippen LogP contribution is 2.21. The van der Waals surface area contributed by atoms with E-state index in [1.54, 1.807) is 18.2 Å². The van der Waals surface area contributed by atoms with Crippen molar-refractivity contribution in [2.24, 2.45) is 0 Å². The van der Waals surface area contributed by atoms with Gasteiger partial charge in [0.25, 0.3) is 5.91 Å². The first-order valence-electron chi connectivity index (χ1n) is 6.16. The number of amides is 1. The summed E-state index contributed by atoms with van der Waals surface area (Å²) in [6.07, 6.45) is 0. The van der Waals surface area contributed by atoms with E-state index in [1.165, 1.54) is 13.1 Å². The number of nitrogens with one attached hydrogen (secondary N) is 2. The number of carbonyl (C=O) groups is 1. The molecule has 0 aliphatic heterocycles. The quantitative estimate of drug-likeness (QED) is 0.867. The van der Waals surface area contributed by atoms with Crippen molar-refractivity contribution in [2.75, 3.05) is 7.05 Å². The third kappa shape index (κ3) is 3.87. The molecule has 0 saturated carbocycles. The second kappa shape index (κ2) is 6.33. The molecule has 0 bridgehead atoms. The first-order valence-corrected chi connectivity index (χ1v) is 8.46. The summed E-state index contributed by atoms with van der Waals surface area (Å²) >= 11 is 1.12. The molecule has 0 spiro atoms. The van der Waals surface area contributed by atoms with Crippen LogP contribution in [0.25, 0.3) is 0 Å². The van der Waals surface area contributed by atoms with Gasteiger partial charge < -0.3 is 5.32 Å². The van der Waals surface area contributed by atoms with Crippen LogP contribution in [0.2, 0.25) is 0 Å². The van der Waals surface area contributed by atoms with E-state index in [4.69, 9.17) is 0 Å². The Morgan fingerprint density at radius 1 is 1.29 bits per heavy atom.